The highest BCUT2D eigenvalue weighted by molar-refractivity contribution is 5.86. The molecule has 4 heterocycles. The van der Waals surface area contributed by atoms with Gasteiger partial charge in [-0.05, 0) is 50.9 Å². The number of amides is 1. The number of nitrogens with one attached hydrogen (secondary N) is 2. The minimum absolute atomic E-state index is 0.0147. The number of nitrogens with zero attached hydrogens (tertiary/aromatic N) is 5. The van der Waals surface area contributed by atoms with Crippen LogP contribution in [0, 0.1) is 5.92 Å². The van der Waals surface area contributed by atoms with Gasteiger partial charge in [0.15, 0.2) is 0 Å². The molecule has 10 heteroatoms. The maximum atomic E-state index is 14.6. The van der Waals surface area contributed by atoms with Crippen molar-refractivity contribution in [3.8, 4) is 11.5 Å². The van der Waals surface area contributed by atoms with E-state index in [1.54, 1.807) is 4.52 Å². The molecule has 1 saturated heterocycles. The summed E-state index contributed by atoms with van der Waals surface area (Å²) in [4.78, 5) is 18.3. The Morgan fingerprint density at radius 1 is 1.33 bits per heavy atom. The van der Waals surface area contributed by atoms with E-state index in [1.165, 1.54) is 0 Å². The summed E-state index contributed by atoms with van der Waals surface area (Å²) < 4.78 is 21.7. The molecule has 2 N–H and O–H groups in total. The summed E-state index contributed by atoms with van der Waals surface area (Å²) in [5.74, 6) is 1.45. The first kappa shape index (κ1) is 21.6. The first-order valence-corrected chi connectivity index (χ1v) is 11.3. The second-order valence-corrected chi connectivity index (χ2v) is 9.03. The molecule has 174 valence electrons. The van der Waals surface area contributed by atoms with Gasteiger partial charge in [0.25, 0.3) is 0 Å². The molecule has 2 fully saturated rings. The van der Waals surface area contributed by atoms with Gasteiger partial charge in [0.2, 0.25) is 17.6 Å². The molecule has 33 heavy (non-hydrogen) atoms. The standard InChI is InChI=1S/C23H28FN7O2/c1-13(2)20-17-5-4-6-18(26-16-9-10-30(3)12-15(16)24)31(17)28-21(20)22-27-19(33-29-22)11-25-23(32)14-7-8-14/h4-6,14-16,26H,1,7-12H2,2-3H3,(H,25,32)/t15-,16+/m0/s1. The van der Waals surface area contributed by atoms with Crippen LogP contribution in [-0.2, 0) is 11.3 Å². The van der Waals surface area contributed by atoms with Crippen molar-refractivity contribution in [3.05, 3.63) is 36.2 Å². The number of likely N-dealkylation sites (tertiary alicyclic amines) is 1. The summed E-state index contributed by atoms with van der Waals surface area (Å²) in [6, 6.07) is 5.43. The number of halogens is 1. The lowest BCUT2D eigenvalue weighted by Gasteiger charge is -2.33. The molecule has 1 aliphatic heterocycles. The topological polar surface area (TPSA) is 101 Å². The number of carbonyl (C=O) groups is 1. The first-order valence-electron chi connectivity index (χ1n) is 11.3. The summed E-state index contributed by atoms with van der Waals surface area (Å²) in [7, 11) is 1.93. The van der Waals surface area contributed by atoms with Crippen LogP contribution in [-0.4, -0.2) is 62.9 Å². The summed E-state index contributed by atoms with van der Waals surface area (Å²) in [5.41, 5.74) is 2.95. The minimum atomic E-state index is -0.972. The maximum Gasteiger partial charge on any atom is 0.246 e. The Balaban J connectivity index is 1.44. The third-order valence-electron chi connectivity index (χ3n) is 6.20. The number of fused-ring (bicyclic) bond motifs is 1. The van der Waals surface area contributed by atoms with Crippen LogP contribution in [0.2, 0.25) is 0 Å². The van der Waals surface area contributed by atoms with E-state index in [4.69, 9.17) is 9.62 Å². The zero-order valence-electron chi connectivity index (χ0n) is 18.8. The summed E-state index contributed by atoms with van der Waals surface area (Å²) in [6.07, 6.45) is 1.60. The molecule has 2 aliphatic rings. The Labute approximate surface area is 191 Å². The summed E-state index contributed by atoms with van der Waals surface area (Å²) in [5, 5.41) is 15.0. The number of rotatable bonds is 7. The Morgan fingerprint density at radius 3 is 2.88 bits per heavy atom. The number of allylic oxidation sites excluding steroid dienone is 1. The quantitative estimate of drug-likeness (QED) is 0.567. The average Bonchev–Trinajstić information content (AvgIpc) is 3.39. The molecule has 2 atom stereocenters. The van der Waals surface area contributed by atoms with Gasteiger partial charge in [-0.1, -0.05) is 17.8 Å². The molecule has 9 nitrogen and oxygen atoms in total. The maximum absolute atomic E-state index is 14.6. The van der Waals surface area contributed by atoms with Crippen LogP contribution in [0.3, 0.4) is 0 Å². The van der Waals surface area contributed by atoms with Crippen LogP contribution in [0.15, 0.2) is 29.3 Å². The van der Waals surface area contributed by atoms with E-state index < -0.39 is 6.17 Å². The fourth-order valence-corrected chi connectivity index (χ4v) is 4.24. The zero-order valence-corrected chi connectivity index (χ0v) is 18.8. The van der Waals surface area contributed by atoms with Crippen LogP contribution in [0.25, 0.3) is 22.6 Å². The van der Waals surface area contributed by atoms with Crippen molar-refractivity contribution < 1.29 is 13.7 Å². The van der Waals surface area contributed by atoms with Crippen molar-refractivity contribution >= 4 is 22.8 Å². The molecular formula is C23H28FN7O2. The number of carbonyl (C=O) groups excluding carboxylic acids is 1. The predicted octanol–water partition coefficient (Wildman–Crippen LogP) is 2.90. The van der Waals surface area contributed by atoms with Gasteiger partial charge in [-0.25, -0.2) is 8.91 Å². The Kier molecular flexibility index (Phi) is 5.61. The molecule has 3 aromatic rings. The predicted molar refractivity (Wildman–Crippen MR) is 122 cm³/mol. The number of pyridine rings is 1. The SMILES string of the molecule is C=C(C)c1c(-c2noc(CNC(=O)C3CC3)n2)nn2c(N[C@@H]3CCN(C)C[C@@H]3F)cccc12. The van der Waals surface area contributed by atoms with Crippen LogP contribution in [0.4, 0.5) is 10.2 Å². The minimum Gasteiger partial charge on any atom is -0.364 e. The van der Waals surface area contributed by atoms with Gasteiger partial charge >= 0.3 is 0 Å². The highest BCUT2D eigenvalue weighted by Gasteiger charge is 2.30. The van der Waals surface area contributed by atoms with Gasteiger partial charge in [-0.2, -0.15) is 10.1 Å². The average molecular weight is 454 g/mol. The number of hydrogen-bond acceptors (Lipinski definition) is 7. The molecule has 3 aromatic heterocycles. The molecule has 0 aromatic carbocycles. The van der Waals surface area contributed by atoms with Crippen molar-refractivity contribution in [1.29, 1.82) is 0 Å². The molecule has 0 spiro atoms. The summed E-state index contributed by atoms with van der Waals surface area (Å²) in [6.45, 7) is 7.42. The highest BCUT2D eigenvalue weighted by Crippen LogP contribution is 2.32. The number of piperidine rings is 1. The van der Waals surface area contributed by atoms with E-state index in [9.17, 15) is 9.18 Å². The molecule has 0 bridgehead atoms. The summed E-state index contributed by atoms with van der Waals surface area (Å²) >= 11 is 0. The van der Waals surface area contributed by atoms with E-state index in [1.807, 2.05) is 37.1 Å². The van der Waals surface area contributed by atoms with Gasteiger partial charge in [0, 0.05) is 24.6 Å². The molecule has 1 aliphatic carbocycles. The van der Waals surface area contributed by atoms with Gasteiger partial charge in [-0.15, -0.1) is 0 Å². The Morgan fingerprint density at radius 2 is 2.15 bits per heavy atom. The van der Waals surface area contributed by atoms with Gasteiger partial charge < -0.3 is 20.1 Å². The Bertz CT molecular complexity index is 1200. The number of alkyl halides is 1. The monoisotopic (exact) mass is 453 g/mol. The largest absolute Gasteiger partial charge is 0.364 e. The van der Waals surface area contributed by atoms with Gasteiger partial charge in [0.05, 0.1) is 18.1 Å². The van der Waals surface area contributed by atoms with E-state index in [-0.39, 0.29) is 24.4 Å². The van der Waals surface area contributed by atoms with Crippen LogP contribution in [0.1, 0.15) is 37.6 Å². The van der Waals surface area contributed by atoms with Gasteiger partial charge in [0.1, 0.15) is 17.7 Å². The fourth-order valence-electron chi connectivity index (χ4n) is 4.24. The Hall–Kier alpha value is -3.27. The highest BCUT2D eigenvalue weighted by atomic mass is 19.1. The van der Waals surface area contributed by atoms with Crippen LogP contribution < -0.4 is 10.6 Å². The van der Waals surface area contributed by atoms with Crippen molar-refractivity contribution in [2.45, 2.75) is 44.9 Å². The lowest BCUT2D eigenvalue weighted by molar-refractivity contribution is -0.122. The fraction of sp³-hybridized carbons (Fsp3) is 0.478. The molecule has 1 saturated carbocycles. The molecular weight excluding hydrogens is 425 g/mol. The molecule has 0 unspecified atom stereocenters. The third kappa shape index (κ3) is 4.35. The van der Waals surface area contributed by atoms with Crippen molar-refractivity contribution in [2.75, 3.05) is 25.5 Å². The smallest absolute Gasteiger partial charge is 0.246 e. The normalized spacial score (nSPS) is 21.3. The molecule has 5 rings (SSSR count). The number of anilines is 1. The second-order valence-electron chi connectivity index (χ2n) is 9.03. The third-order valence-corrected chi connectivity index (χ3v) is 6.20. The van der Waals surface area contributed by atoms with E-state index >= 15 is 0 Å². The first-order chi connectivity index (χ1) is 15.9. The van der Waals surface area contributed by atoms with Crippen LogP contribution in [0.5, 0.6) is 0 Å². The lowest BCUT2D eigenvalue weighted by atomic mass is 10.0. The van der Waals surface area contributed by atoms with Gasteiger partial charge in [-0.3, -0.25) is 4.79 Å². The van der Waals surface area contributed by atoms with Crippen LogP contribution >= 0.6 is 0 Å². The molecule has 0 radical (unpaired) electrons. The number of hydrogen-bond donors (Lipinski definition) is 2. The lowest BCUT2D eigenvalue weighted by Crippen LogP contribution is -2.46. The van der Waals surface area contributed by atoms with E-state index in [0.29, 0.717) is 36.2 Å². The second kappa shape index (κ2) is 8.58. The number of aromatic nitrogens is 4. The van der Waals surface area contributed by atoms with Crippen molar-refractivity contribution in [3.63, 3.8) is 0 Å². The van der Waals surface area contributed by atoms with Crippen molar-refractivity contribution in [2.24, 2.45) is 5.92 Å². The molecule has 1 amide bonds. The van der Waals surface area contributed by atoms with Crippen molar-refractivity contribution in [1.82, 2.24) is 30.0 Å². The zero-order chi connectivity index (χ0) is 23.1. The van der Waals surface area contributed by atoms with E-state index in [2.05, 4.69) is 27.4 Å². The van der Waals surface area contributed by atoms with E-state index in [0.717, 1.165) is 36.0 Å².